The molecular formula is C21H40. The summed E-state index contributed by atoms with van der Waals surface area (Å²) in [6.07, 6.45) is 10.7. The lowest BCUT2D eigenvalue weighted by atomic mass is 9.60. The van der Waals surface area contributed by atoms with Crippen LogP contribution >= 0.6 is 0 Å². The van der Waals surface area contributed by atoms with E-state index in [0.29, 0.717) is 0 Å². The van der Waals surface area contributed by atoms with Crippen LogP contribution in [0.1, 0.15) is 86.5 Å². The fourth-order valence-corrected chi connectivity index (χ4v) is 5.59. The zero-order valence-corrected chi connectivity index (χ0v) is 15.6. The molecule has 0 aromatic rings. The lowest BCUT2D eigenvalue weighted by Gasteiger charge is -2.45. The molecule has 0 aromatic carbocycles. The lowest BCUT2D eigenvalue weighted by Crippen LogP contribution is -2.36. The number of hydrogen-bond donors (Lipinski definition) is 0. The predicted octanol–water partition coefficient (Wildman–Crippen LogP) is 6.79. The van der Waals surface area contributed by atoms with Crippen molar-refractivity contribution in [3.05, 3.63) is 0 Å². The maximum Gasteiger partial charge on any atom is -0.0357 e. The molecular weight excluding hydrogens is 252 g/mol. The van der Waals surface area contributed by atoms with Gasteiger partial charge in [0, 0.05) is 0 Å². The molecule has 5 atom stereocenters. The van der Waals surface area contributed by atoms with Crippen molar-refractivity contribution in [2.45, 2.75) is 86.5 Å². The maximum absolute atomic E-state index is 2.47. The molecule has 0 heterocycles. The lowest BCUT2D eigenvalue weighted by molar-refractivity contribution is 0.0508. The van der Waals surface area contributed by atoms with Gasteiger partial charge in [-0.2, -0.15) is 0 Å². The molecule has 2 aliphatic rings. The SMILES string of the molecule is CC(C)C1CCCC(C2CCC(C(C)C)C(C(C)C)C2)C1. The summed E-state index contributed by atoms with van der Waals surface area (Å²) in [6, 6.07) is 0. The summed E-state index contributed by atoms with van der Waals surface area (Å²) in [5, 5.41) is 0. The van der Waals surface area contributed by atoms with E-state index in [1.54, 1.807) is 6.42 Å². The quantitative estimate of drug-likeness (QED) is 0.535. The van der Waals surface area contributed by atoms with Crippen LogP contribution in [-0.2, 0) is 0 Å². The van der Waals surface area contributed by atoms with E-state index in [9.17, 15) is 0 Å². The molecule has 0 spiro atoms. The van der Waals surface area contributed by atoms with Crippen molar-refractivity contribution in [2.24, 2.45) is 47.3 Å². The van der Waals surface area contributed by atoms with Gasteiger partial charge < -0.3 is 0 Å². The first kappa shape index (κ1) is 17.4. The average Bonchev–Trinajstić information content (AvgIpc) is 2.46. The van der Waals surface area contributed by atoms with Crippen LogP contribution < -0.4 is 0 Å². The number of rotatable bonds is 4. The van der Waals surface area contributed by atoms with Gasteiger partial charge in [0.2, 0.25) is 0 Å². The van der Waals surface area contributed by atoms with Gasteiger partial charge in [-0.25, -0.2) is 0 Å². The van der Waals surface area contributed by atoms with Gasteiger partial charge in [0.05, 0.1) is 0 Å². The topological polar surface area (TPSA) is 0 Å². The molecule has 2 rings (SSSR count). The van der Waals surface area contributed by atoms with Gasteiger partial charge in [-0.05, 0) is 73.0 Å². The highest BCUT2D eigenvalue weighted by molar-refractivity contribution is 4.88. The van der Waals surface area contributed by atoms with Gasteiger partial charge in [0.1, 0.15) is 0 Å². The Morgan fingerprint density at radius 2 is 1.19 bits per heavy atom. The molecule has 0 aliphatic heterocycles. The molecule has 0 bridgehead atoms. The van der Waals surface area contributed by atoms with Crippen LogP contribution in [0.25, 0.3) is 0 Å². The van der Waals surface area contributed by atoms with Crippen molar-refractivity contribution in [3.63, 3.8) is 0 Å². The molecule has 124 valence electrons. The normalized spacial score (nSPS) is 38.4. The first-order valence-corrected chi connectivity index (χ1v) is 9.90. The Bertz CT molecular complexity index is 301. The van der Waals surface area contributed by atoms with Crippen LogP contribution in [0, 0.1) is 47.3 Å². The van der Waals surface area contributed by atoms with Crippen LogP contribution in [0.3, 0.4) is 0 Å². The first-order valence-electron chi connectivity index (χ1n) is 9.90. The highest BCUT2D eigenvalue weighted by Gasteiger charge is 2.38. The predicted molar refractivity (Wildman–Crippen MR) is 94.3 cm³/mol. The van der Waals surface area contributed by atoms with E-state index >= 15 is 0 Å². The first-order chi connectivity index (χ1) is 9.90. The van der Waals surface area contributed by atoms with Crippen molar-refractivity contribution in [2.75, 3.05) is 0 Å². The summed E-state index contributed by atoms with van der Waals surface area (Å²) < 4.78 is 0. The maximum atomic E-state index is 2.47. The molecule has 21 heavy (non-hydrogen) atoms. The molecule has 5 unspecified atom stereocenters. The minimum Gasteiger partial charge on any atom is -0.0625 e. The Morgan fingerprint density at radius 1 is 0.571 bits per heavy atom. The number of hydrogen-bond acceptors (Lipinski definition) is 0. The van der Waals surface area contributed by atoms with E-state index in [-0.39, 0.29) is 0 Å². The van der Waals surface area contributed by atoms with Gasteiger partial charge >= 0.3 is 0 Å². The third kappa shape index (κ3) is 4.26. The van der Waals surface area contributed by atoms with E-state index in [1.165, 1.54) is 38.5 Å². The van der Waals surface area contributed by atoms with E-state index in [2.05, 4.69) is 41.5 Å². The molecule has 0 aromatic heterocycles. The molecule has 0 nitrogen and oxygen atoms in total. The molecule has 0 saturated heterocycles. The zero-order chi connectivity index (χ0) is 15.6. The van der Waals surface area contributed by atoms with E-state index in [4.69, 9.17) is 0 Å². The highest BCUT2D eigenvalue weighted by atomic mass is 14.4. The third-order valence-electron chi connectivity index (χ3n) is 7.07. The smallest absolute Gasteiger partial charge is 0.0357 e. The Morgan fingerprint density at radius 3 is 1.76 bits per heavy atom. The molecule has 2 aliphatic carbocycles. The Kier molecular flexibility index (Phi) is 6.21. The summed E-state index contributed by atoms with van der Waals surface area (Å²) in [5.41, 5.74) is 0. The van der Waals surface area contributed by atoms with Crippen molar-refractivity contribution >= 4 is 0 Å². The standard InChI is InChI=1S/C21H40/c1-14(2)17-8-7-9-18(12-17)19-10-11-20(15(3)4)21(13-19)16(5)6/h14-21H,7-13H2,1-6H3. The van der Waals surface area contributed by atoms with Crippen molar-refractivity contribution in [1.82, 2.24) is 0 Å². The van der Waals surface area contributed by atoms with Crippen LogP contribution in [0.15, 0.2) is 0 Å². The summed E-state index contributed by atoms with van der Waals surface area (Å²) >= 11 is 0. The Hall–Kier alpha value is 0. The summed E-state index contributed by atoms with van der Waals surface area (Å²) in [4.78, 5) is 0. The monoisotopic (exact) mass is 292 g/mol. The molecule has 0 N–H and O–H groups in total. The zero-order valence-electron chi connectivity index (χ0n) is 15.6. The average molecular weight is 293 g/mol. The summed E-state index contributed by atoms with van der Waals surface area (Å²) in [5.74, 6) is 7.77. The highest BCUT2D eigenvalue weighted by Crippen LogP contribution is 2.48. The van der Waals surface area contributed by atoms with Gasteiger partial charge in [-0.15, -0.1) is 0 Å². The van der Waals surface area contributed by atoms with Gasteiger partial charge in [-0.3, -0.25) is 0 Å². The summed E-state index contributed by atoms with van der Waals surface area (Å²) in [6.45, 7) is 14.7. The van der Waals surface area contributed by atoms with Crippen LogP contribution in [0.4, 0.5) is 0 Å². The van der Waals surface area contributed by atoms with E-state index < -0.39 is 0 Å². The van der Waals surface area contributed by atoms with Gasteiger partial charge in [0.25, 0.3) is 0 Å². The Balaban J connectivity index is 1.98. The fourth-order valence-electron chi connectivity index (χ4n) is 5.59. The second-order valence-electron chi connectivity index (χ2n) is 9.32. The fraction of sp³-hybridized carbons (Fsp3) is 1.00. The minimum absolute atomic E-state index is 0.879. The third-order valence-corrected chi connectivity index (χ3v) is 7.07. The second kappa shape index (κ2) is 7.51. The van der Waals surface area contributed by atoms with Gasteiger partial charge in [0.15, 0.2) is 0 Å². The molecule has 2 saturated carbocycles. The van der Waals surface area contributed by atoms with Crippen molar-refractivity contribution in [3.8, 4) is 0 Å². The minimum atomic E-state index is 0.879. The molecule has 2 fully saturated rings. The van der Waals surface area contributed by atoms with Crippen molar-refractivity contribution in [1.29, 1.82) is 0 Å². The van der Waals surface area contributed by atoms with Gasteiger partial charge in [-0.1, -0.05) is 60.8 Å². The second-order valence-corrected chi connectivity index (χ2v) is 9.32. The molecule has 0 heteroatoms. The van der Waals surface area contributed by atoms with Crippen LogP contribution in [-0.4, -0.2) is 0 Å². The molecule has 0 radical (unpaired) electrons. The van der Waals surface area contributed by atoms with Crippen LogP contribution in [0.5, 0.6) is 0 Å². The molecule has 0 amide bonds. The Labute approximate surface area is 134 Å². The largest absolute Gasteiger partial charge is 0.0625 e. The van der Waals surface area contributed by atoms with Crippen LogP contribution in [0.2, 0.25) is 0 Å². The van der Waals surface area contributed by atoms with E-state index in [0.717, 1.165) is 47.3 Å². The van der Waals surface area contributed by atoms with E-state index in [1.807, 2.05) is 0 Å². The summed E-state index contributed by atoms with van der Waals surface area (Å²) in [7, 11) is 0. The van der Waals surface area contributed by atoms with Crippen molar-refractivity contribution < 1.29 is 0 Å².